The molecule has 1 fully saturated rings. The standard InChI is InChI=1S/C14H18N2O4/c1-2-15(11-5-3-4-6-11)12-8-7-10(14(17)18)9-13(12)16(19)20/h7-9,11H,2-6H2,1H3,(H,17,18). The summed E-state index contributed by atoms with van der Waals surface area (Å²) in [6.07, 6.45) is 4.35. The third kappa shape index (κ3) is 2.74. The second-order valence-corrected chi connectivity index (χ2v) is 4.99. The van der Waals surface area contributed by atoms with E-state index in [1.165, 1.54) is 6.07 Å². The molecule has 1 aliphatic rings. The number of carboxylic acids is 1. The molecule has 1 N–H and O–H groups in total. The number of nitro benzene ring substituents is 1. The van der Waals surface area contributed by atoms with E-state index in [-0.39, 0.29) is 11.3 Å². The molecule has 2 rings (SSSR count). The lowest BCUT2D eigenvalue weighted by Crippen LogP contribution is -2.33. The Morgan fingerprint density at radius 2 is 2.10 bits per heavy atom. The minimum absolute atomic E-state index is 0.0528. The molecule has 20 heavy (non-hydrogen) atoms. The smallest absolute Gasteiger partial charge is 0.335 e. The molecule has 0 spiro atoms. The third-order valence-electron chi connectivity index (χ3n) is 3.83. The molecule has 0 unspecified atom stereocenters. The molecule has 6 heteroatoms. The summed E-state index contributed by atoms with van der Waals surface area (Å²) >= 11 is 0. The van der Waals surface area contributed by atoms with Gasteiger partial charge in [0.1, 0.15) is 5.69 Å². The Balaban J connectivity index is 2.42. The number of aromatic carboxylic acids is 1. The van der Waals surface area contributed by atoms with Gasteiger partial charge in [-0.15, -0.1) is 0 Å². The molecule has 1 aromatic carbocycles. The van der Waals surface area contributed by atoms with Crippen LogP contribution in [0.4, 0.5) is 11.4 Å². The van der Waals surface area contributed by atoms with E-state index in [2.05, 4.69) is 0 Å². The molecule has 0 bridgehead atoms. The van der Waals surface area contributed by atoms with Crippen molar-refractivity contribution in [3.8, 4) is 0 Å². The molecule has 0 saturated heterocycles. The second kappa shape index (κ2) is 5.90. The Morgan fingerprint density at radius 1 is 1.45 bits per heavy atom. The van der Waals surface area contributed by atoms with E-state index >= 15 is 0 Å². The van der Waals surface area contributed by atoms with Gasteiger partial charge in [-0.2, -0.15) is 0 Å². The van der Waals surface area contributed by atoms with Crippen molar-refractivity contribution in [2.45, 2.75) is 38.6 Å². The highest BCUT2D eigenvalue weighted by molar-refractivity contribution is 5.89. The van der Waals surface area contributed by atoms with Crippen LogP contribution in [0.2, 0.25) is 0 Å². The van der Waals surface area contributed by atoms with Gasteiger partial charge in [-0.05, 0) is 31.9 Å². The maximum atomic E-state index is 11.2. The van der Waals surface area contributed by atoms with Gasteiger partial charge >= 0.3 is 5.97 Å². The Labute approximate surface area is 117 Å². The molecule has 0 aliphatic heterocycles. The molecule has 0 atom stereocenters. The minimum Gasteiger partial charge on any atom is -0.478 e. The highest BCUT2D eigenvalue weighted by Crippen LogP contribution is 2.34. The van der Waals surface area contributed by atoms with Crippen molar-refractivity contribution in [1.82, 2.24) is 0 Å². The number of nitro groups is 1. The maximum absolute atomic E-state index is 11.2. The molecule has 1 aromatic rings. The van der Waals surface area contributed by atoms with Crippen LogP contribution in [0, 0.1) is 10.1 Å². The Bertz CT molecular complexity index is 524. The van der Waals surface area contributed by atoms with E-state index in [9.17, 15) is 14.9 Å². The number of nitrogens with zero attached hydrogens (tertiary/aromatic N) is 2. The molecule has 108 valence electrons. The summed E-state index contributed by atoms with van der Waals surface area (Å²) in [6, 6.07) is 4.45. The predicted octanol–water partition coefficient (Wildman–Crippen LogP) is 3.06. The molecule has 6 nitrogen and oxygen atoms in total. The Morgan fingerprint density at radius 3 is 2.60 bits per heavy atom. The van der Waals surface area contributed by atoms with E-state index in [0.29, 0.717) is 18.3 Å². The van der Waals surface area contributed by atoms with Crippen LogP contribution in [0.15, 0.2) is 18.2 Å². The van der Waals surface area contributed by atoms with Crippen molar-refractivity contribution >= 4 is 17.3 Å². The maximum Gasteiger partial charge on any atom is 0.335 e. The molecule has 1 saturated carbocycles. The van der Waals surface area contributed by atoms with E-state index in [4.69, 9.17) is 5.11 Å². The van der Waals surface area contributed by atoms with Gasteiger partial charge in [-0.25, -0.2) is 4.79 Å². The predicted molar refractivity (Wildman–Crippen MR) is 75.3 cm³/mol. The Kier molecular flexibility index (Phi) is 4.22. The normalized spacial score (nSPS) is 15.2. The first-order valence-corrected chi connectivity index (χ1v) is 6.83. The van der Waals surface area contributed by atoms with Crippen LogP contribution in [-0.4, -0.2) is 28.6 Å². The topological polar surface area (TPSA) is 83.7 Å². The van der Waals surface area contributed by atoms with Crippen LogP contribution >= 0.6 is 0 Å². The van der Waals surface area contributed by atoms with Crippen LogP contribution in [0.1, 0.15) is 43.0 Å². The van der Waals surface area contributed by atoms with Crippen LogP contribution in [0.5, 0.6) is 0 Å². The average Bonchev–Trinajstić information content (AvgIpc) is 2.93. The SMILES string of the molecule is CCN(c1ccc(C(=O)O)cc1[N+](=O)[O-])C1CCCC1. The lowest BCUT2D eigenvalue weighted by atomic mass is 10.1. The summed E-state index contributed by atoms with van der Waals surface area (Å²) in [7, 11) is 0. The number of anilines is 1. The zero-order valence-corrected chi connectivity index (χ0v) is 11.4. The first kappa shape index (κ1) is 14.3. The van der Waals surface area contributed by atoms with Gasteiger partial charge in [0.2, 0.25) is 0 Å². The fourth-order valence-electron chi connectivity index (χ4n) is 2.89. The van der Waals surface area contributed by atoms with Crippen LogP contribution in [0.25, 0.3) is 0 Å². The molecule has 0 radical (unpaired) electrons. The summed E-state index contributed by atoms with van der Waals surface area (Å²) in [5, 5.41) is 20.2. The summed E-state index contributed by atoms with van der Waals surface area (Å²) in [5.74, 6) is -1.15. The second-order valence-electron chi connectivity index (χ2n) is 4.99. The number of rotatable bonds is 5. The lowest BCUT2D eigenvalue weighted by molar-refractivity contribution is -0.384. The number of hydrogen-bond donors (Lipinski definition) is 1. The fourth-order valence-corrected chi connectivity index (χ4v) is 2.89. The lowest BCUT2D eigenvalue weighted by Gasteiger charge is -2.29. The summed E-state index contributed by atoms with van der Waals surface area (Å²) in [6.45, 7) is 2.64. The third-order valence-corrected chi connectivity index (χ3v) is 3.83. The molecular formula is C14H18N2O4. The molecular weight excluding hydrogens is 260 g/mol. The van der Waals surface area contributed by atoms with Crippen molar-refractivity contribution in [2.75, 3.05) is 11.4 Å². The van der Waals surface area contributed by atoms with Crippen LogP contribution in [-0.2, 0) is 0 Å². The summed E-state index contributed by atoms with van der Waals surface area (Å²) in [5.41, 5.74) is 0.343. The minimum atomic E-state index is -1.15. The average molecular weight is 278 g/mol. The zero-order chi connectivity index (χ0) is 14.7. The van der Waals surface area contributed by atoms with E-state index in [1.54, 1.807) is 6.07 Å². The van der Waals surface area contributed by atoms with Gasteiger partial charge in [0.05, 0.1) is 10.5 Å². The quantitative estimate of drug-likeness (QED) is 0.661. The first-order chi connectivity index (χ1) is 9.54. The van der Waals surface area contributed by atoms with Crippen molar-refractivity contribution in [3.63, 3.8) is 0 Å². The summed E-state index contributed by atoms with van der Waals surface area (Å²) < 4.78 is 0. The molecule has 1 aliphatic carbocycles. The van der Waals surface area contributed by atoms with Gasteiger partial charge in [-0.3, -0.25) is 10.1 Å². The van der Waals surface area contributed by atoms with Crippen molar-refractivity contribution in [3.05, 3.63) is 33.9 Å². The van der Waals surface area contributed by atoms with Gasteiger partial charge < -0.3 is 10.0 Å². The Hall–Kier alpha value is -2.11. The highest BCUT2D eigenvalue weighted by Gasteiger charge is 2.27. The monoisotopic (exact) mass is 278 g/mol. The van der Waals surface area contributed by atoms with Gasteiger partial charge in [0, 0.05) is 18.7 Å². The molecule has 0 heterocycles. The molecule has 0 amide bonds. The number of benzene rings is 1. The van der Waals surface area contributed by atoms with Crippen molar-refractivity contribution < 1.29 is 14.8 Å². The fraction of sp³-hybridized carbons (Fsp3) is 0.500. The van der Waals surface area contributed by atoms with Crippen molar-refractivity contribution in [2.24, 2.45) is 0 Å². The number of carbonyl (C=O) groups is 1. The molecule has 0 aromatic heterocycles. The number of hydrogen-bond acceptors (Lipinski definition) is 4. The van der Waals surface area contributed by atoms with Gasteiger partial charge in [-0.1, -0.05) is 12.8 Å². The van der Waals surface area contributed by atoms with Crippen molar-refractivity contribution in [1.29, 1.82) is 0 Å². The van der Waals surface area contributed by atoms with Crippen LogP contribution in [0.3, 0.4) is 0 Å². The van der Waals surface area contributed by atoms with Gasteiger partial charge in [0.15, 0.2) is 0 Å². The zero-order valence-electron chi connectivity index (χ0n) is 11.4. The van der Waals surface area contributed by atoms with E-state index in [1.807, 2.05) is 11.8 Å². The largest absolute Gasteiger partial charge is 0.478 e. The number of carboxylic acid groups (broad SMARTS) is 1. The summed E-state index contributed by atoms with van der Waals surface area (Å²) in [4.78, 5) is 23.7. The van der Waals surface area contributed by atoms with E-state index < -0.39 is 10.9 Å². The first-order valence-electron chi connectivity index (χ1n) is 6.83. The van der Waals surface area contributed by atoms with E-state index in [0.717, 1.165) is 31.7 Å². The highest BCUT2D eigenvalue weighted by atomic mass is 16.6. The van der Waals surface area contributed by atoms with Gasteiger partial charge in [0.25, 0.3) is 5.69 Å². The van der Waals surface area contributed by atoms with Crippen LogP contribution < -0.4 is 4.90 Å².